The van der Waals surface area contributed by atoms with Crippen LogP contribution in [0.3, 0.4) is 0 Å². The van der Waals surface area contributed by atoms with Gasteiger partial charge in [-0.25, -0.2) is 9.55 Å². The Hall–Kier alpha value is -0.680. The zero-order valence-electron chi connectivity index (χ0n) is 22.3. The molecular formula is C22H36N5O7PS4. The number of imidazole rings is 1. The summed E-state index contributed by atoms with van der Waals surface area (Å²) in [5.41, 5.74) is 6.99. The Bertz CT molecular complexity index is 1060. The van der Waals surface area contributed by atoms with E-state index in [0.29, 0.717) is 48.2 Å². The van der Waals surface area contributed by atoms with Crippen molar-refractivity contribution in [1.82, 2.24) is 19.5 Å². The lowest BCUT2D eigenvalue weighted by Gasteiger charge is -2.20. The van der Waals surface area contributed by atoms with Crippen LogP contribution in [0.1, 0.15) is 12.5 Å². The number of hydrogen-bond acceptors (Lipinski definition) is 15. The molecule has 17 heteroatoms. The number of methoxy groups -OCH3 is 3. The van der Waals surface area contributed by atoms with Gasteiger partial charge in [-0.2, -0.15) is 9.97 Å². The zero-order chi connectivity index (χ0) is 27.9. The highest BCUT2D eigenvalue weighted by molar-refractivity contribution is 8.77. The van der Waals surface area contributed by atoms with Crippen molar-refractivity contribution in [3.63, 3.8) is 0 Å². The standard InChI is InChI=1S/C22H36N5O7PS4/c1-29-6-10-36-38-12-8-32-35(28,33-9-13-39-37-11-7-30-2)34-15-17-4-5-18(14-17)27-16-24-19-20(27)25-22(23)26-21(19)31-3/h4-5,16-18H,6-15H2,1-3H3,(H2,23,25,26)/t17-,18+/m1/s1. The highest BCUT2D eigenvalue weighted by atomic mass is 33.1. The Kier molecular flexibility index (Phi) is 15.1. The lowest BCUT2D eigenvalue weighted by atomic mass is 10.1. The number of hydrogen-bond donors (Lipinski definition) is 1. The molecule has 0 fully saturated rings. The first-order valence-corrected chi connectivity index (χ1v) is 18.7. The number of phosphoric acid groups is 1. The molecule has 2 heterocycles. The molecule has 1 aliphatic carbocycles. The summed E-state index contributed by atoms with van der Waals surface area (Å²) in [5.74, 6) is 3.50. The summed E-state index contributed by atoms with van der Waals surface area (Å²) in [6.45, 7) is 2.07. The first kappa shape index (κ1) is 32.8. The SMILES string of the molecule is COCCSSCCOP(=O)(OCCSSCCOC)OC[C@@H]1C=C[C@H](n2cnc3c(OC)nc(N)nc32)C1. The Morgan fingerprint density at radius 3 is 2.13 bits per heavy atom. The Morgan fingerprint density at radius 2 is 1.54 bits per heavy atom. The van der Waals surface area contributed by atoms with Crippen LogP contribution in [0, 0.1) is 5.92 Å². The van der Waals surface area contributed by atoms with Crippen molar-refractivity contribution in [2.75, 3.05) is 83.1 Å². The molecule has 2 aromatic rings. The lowest BCUT2D eigenvalue weighted by Crippen LogP contribution is -2.12. The van der Waals surface area contributed by atoms with E-state index in [4.69, 9.17) is 33.5 Å². The molecule has 2 atom stereocenters. The molecule has 2 N–H and O–H groups in total. The second kappa shape index (κ2) is 18.0. The molecule has 2 aromatic heterocycles. The molecule has 0 spiro atoms. The largest absolute Gasteiger partial charge is 0.479 e. The van der Waals surface area contributed by atoms with Crippen molar-refractivity contribution in [2.24, 2.45) is 5.92 Å². The predicted molar refractivity (Wildman–Crippen MR) is 162 cm³/mol. The number of anilines is 1. The molecule has 0 bridgehead atoms. The minimum Gasteiger partial charge on any atom is -0.479 e. The summed E-state index contributed by atoms with van der Waals surface area (Å²) in [5, 5.41) is 0. The van der Waals surface area contributed by atoms with Gasteiger partial charge in [-0.05, 0) is 6.42 Å². The van der Waals surface area contributed by atoms with Gasteiger partial charge < -0.3 is 24.5 Å². The quantitative estimate of drug-likeness (QED) is 0.0866. The fourth-order valence-corrected chi connectivity index (χ4v) is 8.46. The van der Waals surface area contributed by atoms with Crippen LogP contribution in [0.5, 0.6) is 5.88 Å². The fraction of sp³-hybridized carbons (Fsp3) is 0.682. The van der Waals surface area contributed by atoms with Gasteiger partial charge in [-0.3, -0.25) is 13.6 Å². The van der Waals surface area contributed by atoms with E-state index in [2.05, 4.69) is 15.0 Å². The molecule has 12 nitrogen and oxygen atoms in total. The van der Waals surface area contributed by atoms with Gasteiger partial charge in [0.25, 0.3) is 0 Å². The van der Waals surface area contributed by atoms with Gasteiger partial charge >= 0.3 is 7.82 Å². The van der Waals surface area contributed by atoms with Crippen molar-refractivity contribution in [2.45, 2.75) is 12.5 Å². The molecule has 220 valence electrons. The van der Waals surface area contributed by atoms with Crippen LogP contribution >= 0.6 is 51.0 Å². The highest BCUT2D eigenvalue weighted by Gasteiger charge is 2.30. The lowest BCUT2D eigenvalue weighted by molar-refractivity contribution is 0.113. The van der Waals surface area contributed by atoms with Crippen molar-refractivity contribution in [3.8, 4) is 5.88 Å². The Labute approximate surface area is 245 Å². The van der Waals surface area contributed by atoms with E-state index >= 15 is 0 Å². The molecule has 1 aliphatic rings. The van der Waals surface area contributed by atoms with E-state index in [1.807, 2.05) is 16.7 Å². The molecule has 0 aromatic carbocycles. The van der Waals surface area contributed by atoms with Crippen molar-refractivity contribution in [3.05, 3.63) is 18.5 Å². The summed E-state index contributed by atoms with van der Waals surface area (Å²) < 4.78 is 47.9. The van der Waals surface area contributed by atoms with Crippen molar-refractivity contribution >= 4 is 68.1 Å². The molecular weight excluding hydrogens is 606 g/mol. The highest BCUT2D eigenvalue weighted by Crippen LogP contribution is 2.51. The van der Waals surface area contributed by atoms with E-state index in [9.17, 15) is 4.57 Å². The first-order chi connectivity index (χ1) is 19.0. The van der Waals surface area contributed by atoms with Gasteiger partial charge in [0.15, 0.2) is 11.2 Å². The summed E-state index contributed by atoms with van der Waals surface area (Å²) in [7, 11) is 7.76. The second-order valence-corrected chi connectivity index (χ2v) is 15.1. The molecule has 39 heavy (non-hydrogen) atoms. The van der Waals surface area contributed by atoms with Crippen molar-refractivity contribution < 1.29 is 32.3 Å². The average molecular weight is 642 g/mol. The molecule has 0 radical (unpaired) electrons. The van der Waals surface area contributed by atoms with Crippen LogP contribution in [-0.4, -0.2) is 96.9 Å². The molecule has 0 amide bonds. The zero-order valence-corrected chi connectivity index (χ0v) is 26.4. The molecule has 0 unspecified atom stereocenters. The van der Waals surface area contributed by atoms with Gasteiger partial charge in [0.05, 0.1) is 52.5 Å². The molecule has 0 saturated carbocycles. The van der Waals surface area contributed by atoms with E-state index in [1.165, 1.54) is 7.11 Å². The topological polar surface area (TPSA) is 142 Å². The maximum atomic E-state index is 13.4. The Morgan fingerprint density at radius 1 is 0.923 bits per heavy atom. The van der Waals surface area contributed by atoms with Gasteiger partial charge in [-0.15, -0.1) is 0 Å². The number of rotatable bonds is 21. The summed E-state index contributed by atoms with van der Waals surface area (Å²) in [4.78, 5) is 12.8. The van der Waals surface area contributed by atoms with Crippen LogP contribution in [-0.2, 0) is 27.6 Å². The molecule has 0 saturated heterocycles. The molecule has 3 rings (SSSR count). The normalized spacial score (nSPS) is 17.4. The smallest absolute Gasteiger partial charge is 0.474 e. The average Bonchev–Trinajstić information content (AvgIpc) is 3.57. The predicted octanol–water partition coefficient (Wildman–Crippen LogP) is 4.75. The number of fused-ring (bicyclic) bond motifs is 1. The van der Waals surface area contributed by atoms with Crippen LogP contribution in [0.2, 0.25) is 0 Å². The van der Waals surface area contributed by atoms with Gasteiger partial charge in [0.2, 0.25) is 11.8 Å². The maximum Gasteiger partial charge on any atom is 0.474 e. The maximum absolute atomic E-state index is 13.4. The minimum absolute atomic E-state index is 0.00648. The van der Waals surface area contributed by atoms with E-state index in [1.54, 1.807) is 63.7 Å². The number of ether oxygens (including phenoxy) is 3. The van der Waals surface area contributed by atoms with Crippen molar-refractivity contribution in [1.29, 1.82) is 0 Å². The third-order valence-electron chi connectivity index (χ3n) is 5.29. The number of allylic oxidation sites excluding steroid dienone is 1. The number of phosphoric ester groups is 1. The Balaban J connectivity index is 1.51. The second-order valence-electron chi connectivity index (χ2n) is 8.05. The third kappa shape index (κ3) is 10.9. The van der Waals surface area contributed by atoms with E-state index in [-0.39, 0.29) is 37.7 Å². The van der Waals surface area contributed by atoms with Gasteiger partial charge in [0.1, 0.15) is 0 Å². The summed E-state index contributed by atoms with van der Waals surface area (Å²) >= 11 is 0. The summed E-state index contributed by atoms with van der Waals surface area (Å²) in [6, 6.07) is -0.0233. The van der Waals surface area contributed by atoms with Gasteiger partial charge in [0, 0.05) is 43.1 Å². The molecule has 0 aliphatic heterocycles. The number of nitrogens with zero attached hydrogens (tertiary/aromatic N) is 4. The number of nitrogen functional groups attached to an aromatic ring is 1. The number of aromatic nitrogens is 4. The van der Waals surface area contributed by atoms with Crippen LogP contribution < -0.4 is 10.5 Å². The minimum atomic E-state index is -3.73. The monoisotopic (exact) mass is 641 g/mol. The van der Waals surface area contributed by atoms with Gasteiger partial charge in [-0.1, -0.05) is 55.3 Å². The summed E-state index contributed by atoms with van der Waals surface area (Å²) in [6.07, 6.45) is 6.48. The van der Waals surface area contributed by atoms with E-state index in [0.717, 1.165) is 11.5 Å². The van der Waals surface area contributed by atoms with E-state index < -0.39 is 7.82 Å². The van der Waals surface area contributed by atoms with Crippen LogP contribution in [0.25, 0.3) is 11.2 Å². The van der Waals surface area contributed by atoms with Crippen LogP contribution in [0.4, 0.5) is 5.95 Å². The fourth-order valence-electron chi connectivity index (χ4n) is 3.51. The van der Waals surface area contributed by atoms with Crippen LogP contribution in [0.15, 0.2) is 18.5 Å². The third-order valence-corrected chi connectivity index (χ3v) is 11.4. The number of nitrogens with two attached hydrogens (primary N) is 1. The first-order valence-electron chi connectivity index (χ1n) is 12.2.